The number of carbonyl (C=O) groups excluding carboxylic acids is 1. The number of hydrogen-bond donors (Lipinski definition) is 2. The number of para-hydroxylation sites is 1. The maximum absolute atomic E-state index is 13.1. The van der Waals surface area contributed by atoms with Crippen LogP contribution in [0.5, 0.6) is 5.75 Å². The third-order valence-electron chi connectivity index (χ3n) is 5.26. The van der Waals surface area contributed by atoms with Crippen molar-refractivity contribution in [3.63, 3.8) is 0 Å². The van der Waals surface area contributed by atoms with E-state index in [9.17, 15) is 13.2 Å². The SMILES string of the molecule is COc1ccc(NC(=O)c2cc3c(C)nn(C)c3nc2C)cc1S(=O)(=O)Nc1ccccc1Cl. The van der Waals surface area contributed by atoms with Crippen molar-refractivity contribution in [3.05, 3.63) is 70.5 Å². The Kier molecular flexibility index (Phi) is 6.20. The summed E-state index contributed by atoms with van der Waals surface area (Å²) in [6.45, 7) is 3.57. The van der Waals surface area contributed by atoms with Gasteiger partial charge in [0, 0.05) is 18.1 Å². The molecule has 9 nitrogen and oxygen atoms in total. The molecule has 2 aromatic heterocycles. The van der Waals surface area contributed by atoms with Gasteiger partial charge in [0.05, 0.1) is 34.8 Å². The number of aryl methyl sites for hydroxylation is 3. The molecular formula is C23H22ClN5O4S. The van der Waals surface area contributed by atoms with E-state index in [1.165, 1.54) is 19.2 Å². The summed E-state index contributed by atoms with van der Waals surface area (Å²) < 4.78 is 35.6. The Bertz CT molecular complexity index is 1530. The lowest BCUT2D eigenvalue weighted by molar-refractivity contribution is 0.102. The average Bonchev–Trinajstić information content (AvgIpc) is 3.07. The van der Waals surface area contributed by atoms with E-state index in [1.807, 2.05) is 6.92 Å². The van der Waals surface area contributed by atoms with Crippen molar-refractivity contribution in [2.75, 3.05) is 17.1 Å². The van der Waals surface area contributed by atoms with Crippen molar-refractivity contribution in [1.29, 1.82) is 0 Å². The molecule has 0 unspecified atom stereocenters. The van der Waals surface area contributed by atoms with Crippen molar-refractivity contribution in [2.24, 2.45) is 7.05 Å². The third-order valence-corrected chi connectivity index (χ3v) is 6.98. The minimum absolute atomic E-state index is 0.114. The van der Waals surface area contributed by atoms with Crippen LogP contribution in [0.15, 0.2) is 53.4 Å². The molecule has 1 amide bonds. The number of benzene rings is 2. The van der Waals surface area contributed by atoms with Crippen molar-refractivity contribution < 1.29 is 17.9 Å². The second-order valence-electron chi connectivity index (χ2n) is 7.61. The number of sulfonamides is 1. The van der Waals surface area contributed by atoms with E-state index >= 15 is 0 Å². The van der Waals surface area contributed by atoms with Crippen LogP contribution in [0.25, 0.3) is 11.0 Å². The summed E-state index contributed by atoms with van der Waals surface area (Å²) in [7, 11) is -0.923. The van der Waals surface area contributed by atoms with E-state index in [1.54, 1.807) is 55.1 Å². The molecule has 2 N–H and O–H groups in total. The van der Waals surface area contributed by atoms with Gasteiger partial charge in [-0.3, -0.25) is 14.2 Å². The maximum atomic E-state index is 13.1. The van der Waals surface area contributed by atoms with Crippen molar-refractivity contribution in [3.8, 4) is 5.75 Å². The summed E-state index contributed by atoms with van der Waals surface area (Å²) in [6.07, 6.45) is 0. The van der Waals surface area contributed by atoms with E-state index < -0.39 is 15.9 Å². The molecule has 176 valence electrons. The Balaban J connectivity index is 1.67. The number of amides is 1. The molecule has 0 radical (unpaired) electrons. The zero-order valence-electron chi connectivity index (χ0n) is 18.9. The highest BCUT2D eigenvalue weighted by molar-refractivity contribution is 7.92. The van der Waals surface area contributed by atoms with E-state index in [2.05, 4.69) is 20.1 Å². The van der Waals surface area contributed by atoms with Gasteiger partial charge in [-0.05, 0) is 50.2 Å². The maximum Gasteiger partial charge on any atom is 0.265 e. The van der Waals surface area contributed by atoms with Gasteiger partial charge in [0.1, 0.15) is 10.6 Å². The summed E-state index contributed by atoms with van der Waals surface area (Å²) in [5, 5.41) is 8.10. The Morgan fingerprint density at radius 3 is 2.53 bits per heavy atom. The first-order valence-corrected chi connectivity index (χ1v) is 12.0. The van der Waals surface area contributed by atoms with Crippen LogP contribution in [0.3, 0.4) is 0 Å². The van der Waals surface area contributed by atoms with Gasteiger partial charge in [0.2, 0.25) is 0 Å². The van der Waals surface area contributed by atoms with Crippen molar-refractivity contribution in [2.45, 2.75) is 18.7 Å². The van der Waals surface area contributed by atoms with E-state index in [4.69, 9.17) is 16.3 Å². The molecule has 0 saturated carbocycles. The fourth-order valence-electron chi connectivity index (χ4n) is 3.57. The highest BCUT2D eigenvalue weighted by atomic mass is 35.5. The first-order valence-electron chi connectivity index (χ1n) is 10.2. The molecule has 4 rings (SSSR count). The summed E-state index contributed by atoms with van der Waals surface area (Å²) in [4.78, 5) is 17.4. The predicted octanol–water partition coefficient (Wildman–Crippen LogP) is 4.30. The molecule has 0 fully saturated rings. The topological polar surface area (TPSA) is 115 Å². The molecule has 0 aliphatic carbocycles. The Hall–Kier alpha value is -3.63. The van der Waals surface area contributed by atoms with Gasteiger partial charge in [-0.15, -0.1) is 0 Å². The van der Waals surface area contributed by atoms with Crippen molar-refractivity contribution in [1.82, 2.24) is 14.8 Å². The Morgan fingerprint density at radius 1 is 1.09 bits per heavy atom. The van der Waals surface area contributed by atoms with Gasteiger partial charge in [-0.1, -0.05) is 23.7 Å². The van der Waals surface area contributed by atoms with E-state index in [0.717, 1.165) is 11.1 Å². The number of ether oxygens (including phenoxy) is 1. The zero-order valence-corrected chi connectivity index (χ0v) is 20.5. The van der Waals surface area contributed by atoms with Crippen LogP contribution in [0, 0.1) is 13.8 Å². The van der Waals surface area contributed by atoms with Crippen LogP contribution < -0.4 is 14.8 Å². The number of halogens is 1. The van der Waals surface area contributed by atoms with Crippen LogP contribution in [-0.2, 0) is 17.1 Å². The number of rotatable bonds is 6. The van der Waals surface area contributed by atoms with E-state index in [0.29, 0.717) is 16.9 Å². The molecule has 0 atom stereocenters. The molecule has 0 saturated heterocycles. The minimum atomic E-state index is -4.08. The average molecular weight is 500 g/mol. The Morgan fingerprint density at radius 2 is 1.82 bits per heavy atom. The molecule has 11 heteroatoms. The number of nitrogens with zero attached hydrogens (tertiary/aromatic N) is 3. The molecule has 2 heterocycles. The molecular weight excluding hydrogens is 478 g/mol. The van der Waals surface area contributed by atoms with Crippen LogP contribution in [0.4, 0.5) is 11.4 Å². The first kappa shape index (κ1) is 23.5. The molecule has 0 aliphatic heterocycles. The normalized spacial score (nSPS) is 11.4. The summed E-state index contributed by atoms with van der Waals surface area (Å²) >= 11 is 6.10. The van der Waals surface area contributed by atoms with E-state index in [-0.39, 0.29) is 27.0 Å². The van der Waals surface area contributed by atoms with Gasteiger partial charge in [0.15, 0.2) is 5.65 Å². The zero-order chi connectivity index (χ0) is 24.6. The second-order valence-corrected chi connectivity index (χ2v) is 9.66. The highest BCUT2D eigenvalue weighted by Crippen LogP contribution is 2.31. The minimum Gasteiger partial charge on any atom is -0.495 e. The van der Waals surface area contributed by atoms with Gasteiger partial charge >= 0.3 is 0 Å². The smallest absolute Gasteiger partial charge is 0.265 e. The fraction of sp³-hybridized carbons (Fsp3) is 0.174. The van der Waals surface area contributed by atoms with Gasteiger partial charge in [-0.2, -0.15) is 5.10 Å². The summed E-state index contributed by atoms with van der Waals surface area (Å²) in [6, 6.07) is 12.6. The van der Waals surface area contributed by atoms with Gasteiger partial charge < -0.3 is 10.1 Å². The van der Waals surface area contributed by atoms with Crippen LogP contribution in [0.2, 0.25) is 5.02 Å². The number of methoxy groups -OCH3 is 1. The monoisotopic (exact) mass is 499 g/mol. The first-order chi connectivity index (χ1) is 16.1. The number of nitrogens with one attached hydrogen (secondary N) is 2. The number of anilines is 2. The second kappa shape index (κ2) is 8.96. The van der Waals surface area contributed by atoms with Crippen LogP contribution >= 0.6 is 11.6 Å². The lowest BCUT2D eigenvalue weighted by Crippen LogP contribution is -2.17. The number of aromatic nitrogens is 3. The molecule has 0 aliphatic rings. The number of pyridine rings is 1. The number of hydrogen-bond acceptors (Lipinski definition) is 6. The lowest BCUT2D eigenvalue weighted by atomic mass is 10.1. The van der Waals surface area contributed by atoms with Crippen LogP contribution in [-0.4, -0.2) is 36.2 Å². The van der Waals surface area contributed by atoms with Crippen LogP contribution in [0.1, 0.15) is 21.7 Å². The fourth-order valence-corrected chi connectivity index (χ4v) is 5.08. The quantitative estimate of drug-likeness (QED) is 0.408. The largest absolute Gasteiger partial charge is 0.495 e. The van der Waals surface area contributed by atoms with Crippen molar-refractivity contribution >= 4 is 49.9 Å². The molecule has 0 bridgehead atoms. The van der Waals surface area contributed by atoms with Gasteiger partial charge in [0.25, 0.3) is 15.9 Å². The molecule has 4 aromatic rings. The summed E-state index contributed by atoms with van der Waals surface area (Å²) in [5.74, 6) is -0.314. The molecule has 34 heavy (non-hydrogen) atoms. The molecule has 2 aromatic carbocycles. The standard InChI is InChI=1S/C23H22ClN5O4S/c1-13-17(12-16-14(2)27-29(3)22(16)25-13)23(30)26-15-9-10-20(33-4)21(11-15)34(31,32)28-19-8-6-5-7-18(19)24/h5-12,28H,1-4H3,(H,26,30). The third kappa shape index (κ3) is 4.42. The highest BCUT2D eigenvalue weighted by Gasteiger charge is 2.22. The Labute approximate surface area is 201 Å². The summed E-state index contributed by atoms with van der Waals surface area (Å²) in [5.41, 5.74) is 2.81. The predicted molar refractivity (Wildman–Crippen MR) is 131 cm³/mol. The van der Waals surface area contributed by atoms with Gasteiger partial charge in [-0.25, -0.2) is 13.4 Å². The number of carbonyl (C=O) groups is 1. The lowest BCUT2D eigenvalue weighted by Gasteiger charge is -2.14. The molecule has 0 spiro atoms. The number of fused-ring (bicyclic) bond motifs is 1.